The van der Waals surface area contributed by atoms with Crippen LogP contribution >= 0.6 is 11.3 Å². The average molecular weight is 312 g/mol. The van der Waals surface area contributed by atoms with Gasteiger partial charge in [-0.05, 0) is 24.6 Å². The number of fused-ring (bicyclic) bond motifs is 1. The standard InChI is InChI=1S/C14H12N6OS/c1-8-5-17-11(7-16-8)13(21)20-14-19-10-4-9(6-18-15)2-3-12(10)22-14/h2-7H,15H2,1H3,(H,19,20,21). The number of nitrogens with two attached hydrogens (primary N) is 1. The Bertz CT molecular complexity index is 855. The number of carbonyl (C=O) groups excluding carboxylic acids is 1. The van der Waals surface area contributed by atoms with Gasteiger partial charge in [0.25, 0.3) is 5.91 Å². The van der Waals surface area contributed by atoms with Crippen LogP contribution in [0.1, 0.15) is 21.7 Å². The predicted octanol–water partition coefficient (Wildman–Crippen LogP) is 1.94. The number of nitrogens with one attached hydrogen (secondary N) is 1. The normalized spacial score (nSPS) is 11.1. The van der Waals surface area contributed by atoms with Crippen LogP contribution in [0.5, 0.6) is 0 Å². The van der Waals surface area contributed by atoms with Crippen molar-refractivity contribution >= 4 is 38.8 Å². The van der Waals surface area contributed by atoms with Gasteiger partial charge in [-0.2, -0.15) is 5.10 Å². The van der Waals surface area contributed by atoms with Crippen molar-refractivity contribution < 1.29 is 4.79 Å². The molecule has 0 radical (unpaired) electrons. The van der Waals surface area contributed by atoms with Gasteiger partial charge in [-0.25, -0.2) is 9.97 Å². The molecule has 0 unspecified atom stereocenters. The van der Waals surface area contributed by atoms with Gasteiger partial charge in [0.1, 0.15) is 5.69 Å². The zero-order valence-electron chi connectivity index (χ0n) is 11.6. The Morgan fingerprint density at radius 3 is 2.95 bits per heavy atom. The molecule has 110 valence electrons. The van der Waals surface area contributed by atoms with Gasteiger partial charge < -0.3 is 5.84 Å². The monoisotopic (exact) mass is 312 g/mol. The molecule has 0 bridgehead atoms. The van der Waals surface area contributed by atoms with Gasteiger partial charge in [-0.15, -0.1) is 0 Å². The molecule has 0 aliphatic rings. The Morgan fingerprint density at radius 1 is 1.36 bits per heavy atom. The number of benzene rings is 1. The fraction of sp³-hybridized carbons (Fsp3) is 0.0714. The SMILES string of the molecule is Cc1cnc(C(=O)Nc2nc3cc(C=NN)ccc3s2)cn1. The molecule has 2 heterocycles. The van der Waals surface area contributed by atoms with E-state index in [2.05, 4.69) is 25.4 Å². The van der Waals surface area contributed by atoms with E-state index in [0.717, 1.165) is 21.5 Å². The minimum Gasteiger partial charge on any atom is -0.323 e. The molecule has 0 saturated carbocycles. The second kappa shape index (κ2) is 5.86. The van der Waals surface area contributed by atoms with Gasteiger partial charge in [-0.1, -0.05) is 17.4 Å². The maximum Gasteiger partial charge on any atom is 0.277 e. The predicted molar refractivity (Wildman–Crippen MR) is 86.1 cm³/mol. The third kappa shape index (κ3) is 2.91. The van der Waals surface area contributed by atoms with Crippen LogP contribution in [0.4, 0.5) is 5.13 Å². The van der Waals surface area contributed by atoms with E-state index >= 15 is 0 Å². The highest BCUT2D eigenvalue weighted by Crippen LogP contribution is 2.26. The molecule has 0 aliphatic carbocycles. The minimum atomic E-state index is -0.338. The molecule has 0 saturated heterocycles. The Hall–Kier alpha value is -2.87. The summed E-state index contributed by atoms with van der Waals surface area (Å²) in [5.41, 5.74) is 2.63. The highest BCUT2D eigenvalue weighted by atomic mass is 32.1. The van der Waals surface area contributed by atoms with E-state index in [1.165, 1.54) is 17.5 Å². The highest BCUT2D eigenvalue weighted by molar-refractivity contribution is 7.22. The molecule has 3 N–H and O–H groups in total. The summed E-state index contributed by atoms with van der Waals surface area (Å²) in [6, 6.07) is 5.64. The van der Waals surface area contributed by atoms with Crippen LogP contribution in [0.15, 0.2) is 35.7 Å². The average Bonchev–Trinajstić information content (AvgIpc) is 2.89. The van der Waals surface area contributed by atoms with E-state index in [1.54, 1.807) is 12.4 Å². The lowest BCUT2D eigenvalue weighted by atomic mass is 10.2. The van der Waals surface area contributed by atoms with Crippen LogP contribution in [-0.2, 0) is 0 Å². The van der Waals surface area contributed by atoms with Crippen LogP contribution in [0.2, 0.25) is 0 Å². The fourth-order valence-corrected chi connectivity index (χ4v) is 2.68. The number of aryl methyl sites for hydroxylation is 1. The lowest BCUT2D eigenvalue weighted by molar-refractivity contribution is 0.102. The number of anilines is 1. The molecule has 1 aromatic carbocycles. The molecule has 8 heteroatoms. The molecular formula is C14H12N6OS. The quantitative estimate of drug-likeness (QED) is 0.437. The number of hydrazone groups is 1. The molecule has 22 heavy (non-hydrogen) atoms. The number of carbonyl (C=O) groups is 1. The van der Waals surface area contributed by atoms with Crippen LogP contribution in [0.25, 0.3) is 10.2 Å². The van der Waals surface area contributed by atoms with E-state index < -0.39 is 0 Å². The number of nitrogens with zero attached hydrogens (tertiary/aromatic N) is 4. The molecule has 7 nitrogen and oxygen atoms in total. The van der Waals surface area contributed by atoms with Crippen molar-refractivity contribution in [2.45, 2.75) is 6.92 Å². The van der Waals surface area contributed by atoms with Crippen molar-refractivity contribution in [1.29, 1.82) is 0 Å². The lowest BCUT2D eigenvalue weighted by Crippen LogP contribution is -2.13. The molecule has 1 amide bonds. The second-order valence-corrected chi connectivity index (χ2v) is 5.55. The second-order valence-electron chi connectivity index (χ2n) is 4.52. The summed E-state index contributed by atoms with van der Waals surface area (Å²) in [4.78, 5) is 24.5. The third-order valence-corrected chi connectivity index (χ3v) is 3.82. The number of thiazole rings is 1. The summed E-state index contributed by atoms with van der Waals surface area (Å²) in [5.74, 6) is 4.79. The van der Waals surface area contributed by atoms with Gasteiger partial charge in [0.15, 0.2) is 5.13 Å². The fourth-order valence-electron chi connectivity index (χ4n) is 1.84. The van der Waals surface area contributed by atoms with E-state index in [0.29, 0.717) is 5.13 Å². The van der Waals surface area contributed by atoms with Crippen molar-refractivity contribution in [2.24, 2.45) is 10.9 Å². The van der Waals surface area contributed by atoms with Crippen molar-refractivity contribution in [3.8, 4) is 0 Å². The van der Waals surface area contributed by atoms with Crippen molar-refractivity contribution in [1.82, 2.24) is 15.0 Å². The zero-order chi connectivity index (χ0) is 15.5. The van der Waals surface area contributed by atoms with Crippen LogP contribution in [0, 0.1) is 6.92 Å². The molecule has 0 spiro atoms. The smallest absolute Gasteiger partial charge is 0.277 e. The van der Waals surface area contributed by atoms with Crippen molar-refractivity contribution in [2.75, 3.05) is 5.32 Å². The first-order chi connectivity index (χ1) is 10.7. The van der Waals surface area contributed by atoms with Crippen LogP contribution < -0.4 is 11.2 Å². The lowest BCUT2D eigenvalue weighted by Gasteiger charge is -2.00. The first-order valence-corrected chi connectivity index (χ1v) is 7.21. The molecule has 3 aromatic rings. The largest absolute Gasteiger partial charge is 0.323 e. The topological polar surface area (TPSA) is 106 Å². The summed E-state index contributed by atoms with van der Waals surface area (Å²) < 4.78 is 0.958. The summed E-state index contributed by atoms with van der Waals surface area (Å²) in [6.45, 7) is 1.81. The van der Waals surface area contributed by atoms with Gasteiger partial charge in [-0.3, -0.25) is 15.1 Å². The number of hydrogen-bond donors (Lipinski definition) is 2. The first-order valence-electron chi connectivity index (χ1n) is 6.39. The third-order valence-electron chi connectivity index (χ3n) is 2.87. The van der Waals surface area contributed by atoms with Crippen molar-refractivity contribution in [3.63, 3.8) is 0 Å². The Balaban J connectivity index is 1.84. The van der Waals surface area contributed by atoms with Gasteiger partial charge in [0.2, 0.25) is 0 Å². The number of hydrogen-bond acceptors (Lipinski definition) is 7. The summed E-state index contributed by atoms with van der Waals surface area (Å²) in [6.07, 6.45) is 4.53. The van der Waals surface area contributed by atoms with Gasteiger partial charge in [0.05, 0.1) is 28.3 Å². The van der Waals surface area contributed by atoms with Crippen LogP contribution in [0.3, 0.4) is 0 Å². The maximum absolute atomic E-state index is 12.1. The number of rotatable bonds is 3. The summed E-state index contributed by atoms with van der Waals surface area (Å²) >= 11 is 1.38. The number of amides is 1. The first kappa shape index (κ1) is 14.1. The Morgan fingerprint density at radius 2 is 2.23 bits per heavy atom. The maximum atomic E-state index is 12.1. The van der Waals surface area contributed by atoms with E-state index in [9.17, 15) is 4.79 Å². The van der Waals surface area contributed by atoms with E-state index in [4.69, 9.17) is 5.84 Å². The van der Waals surface area contributed by atoms with Gasteiger partial charge >= 0.3 is 0 Å². The summed E-state index contributed by atoms with van der Waals surface area (Å²) in [7, 11) is 0. The minimum absolute atomic E-state index is 0.251. The molecule has 0 fully saturated rings. The van der Waals surface area contributed by atoms with Crippen LogP contribution in [-0.4, -0.2) is 27.1 Å². The van der Waals surface area contributed by atoms with Crippen molar-refractivity contribution in [3.05, 3.63) is 47.5 Å². The number of aromatic nitrogens is 3. The van der Waals surface area contributed by atoms with E-state index in [1.807, 2.05) is 25.1 Å². The summed E-state index contributed by atoms with van der Waals surface area (Å²) in [5, 5.41) is 6.71. The zero-order valence-corrected chi connectivity index (χ0v) is 12.5. The molecule has 2 aromatic heterocycles. The molecular weight excluding hydrogens is 300 g/mol. The highest BCUT2D eigenvalue weighted by Gasteiger charge is 2.11. The Labute approximate surface area is 129 Å². The molecule has 0 atom stereocenters. The van der Waals surface area contributed by atoms with E-state index in [-0.39, 0.29) is 11.6 Å². The molecule has 3 rings (SSSR count). The Kier molecular flexibility index (Phi) is 3.75. The van der Waals surface area contributed by atoms with Gasteiger partial charge in [0, 0.05) is 6.20 Å². The molecule has 0 aliphatic heterocycles.